The van der Waals surface area contributed by atoms with Crippen LogP contribution < -0.4 is 0 Å². The maximum Gasteiger partial charge on any atom is 0.0886 e. The van der Waals surface area contributed by atoms with Gasteiger partial charge in [0.25, 0.3) is 0 Å². The molecule has 0 aliphatic heterocycles. The molecule has 0 radical (unpaired) electrons. The van der Waals surface area contributed by atoms with Gasteiger partial charge in [0.05, 0.1) is 11.4 Å². The molecule has 0 saturated carbocycles. The molecule has 2 aromatic rings. The fourth-order valence-corrected chi connectivity index (χ4v) is 1.03. The molecule has 4 heteroatoms. The Morgan fingerprint density at radius 2 is 1.21 bits per heavy atom. The predicted molar refractivity (Wildman–Crippen MR) is 53.3 cm³/mol. The van der Waals surface area contributed by atoms with E-state index in [1.54, 1.807) is 12.4 Å². The van der Waals surface area contributed by atoms with E-state index in [1.165, 1.54) is 0 Å². The van der Waals surface area contributed by atoms with Crippen LogP contribution in [0.15, 0.2) is 48.8 Å². The Kier molecular flexibility index (Phi) is 5.40. The summed E-state index contributed by atoms with van der Waals surface area (Å²) in [5.74, 6) is 0. The topological polar surface area (TPSA) is 25.8 Å². The molecule has 0 saturated heterocycles. The third-order valence-electron chi connectivity index (χ3n) is 1.59. The van der Waals surface area contributed by atoms with Crippen molar-refractivity contribution in [1.82, 2.24) is 9.97 Å². The number of pyridine rings is 2. The van der Waals surface area contributed by atoms with Gasteiger partial charge in [0.15, 0.2) is 0 Å². The average molecular weight is 298 g/mol. The van der Waals surface area contributed by atoms with E-state index in [1.807, 2.05) is 36.4 Å². The molecule has 14 heavy (non-hydrogen) atoms. The average Bonchev–Trinajstić information content (AvgIpc) is 2.34. The van der Waals surface area contributed by atoms with Gasteiger partial charge in [0.1, 0.15) is 0 Å². The molecule has 0 fully saturated rings. The van der Waals surface area contributed by atoms with Crippen molar-refractivity contribution in [1.29, 1.82) is 0 Å². The van der Waals surface area contributed by atoms with E-state index in [-0.39, 0.29) is 0 Å². The SMILES string of the molecule is [Cl][Pd].c1ccc(-c2ccccn2)nc1. The van der Waals surface area contributed by atoms with Crippen molar-refractivity contribution in [3.8, 4) is 11.4 Å². The summed E-state index contributed by atoms with van der Waals surface area (Å²) in [5, 5.41) is 0. The van der Waals surface area contributed by atoms with Crippen LogP contribution in [0.5, 0.6) is 0 Å². The van der Waals surface area contributed by atoms with Gasteiger partial charge < -0.3 is 0 Å². The van der Waals surface area contributed by atoms with E-state index < -0.39 is 0 Å². The molecule has 2 heterocycles. The van der Waals surface area contributed by atoms with Gasteiger partial charge in [-0.15, -0.1) is 0 Å². The number of nitrogens with zero attached hydrogens (tertiary/aromatic N) is 2. The van der Waals surface area contributed by atoms with Crippen molar-refractivity contribution in [2.75, 3.05) is 0 Å². The zero-order valence-corrected chi connectivity index (χ0v) is 9.52. The van der Waals surface area contributed by atoms with Crippen molar-refractivity contribution < 1.29 is 18.2 Å². The van der Waals surface area contributed by atoms with Gasteiger partial charge in [-0.2, -0.15) is 0 Å². The van der Waals surface area contributed by atoms with E-state index >= 15 is 0 Å². The molecular weight excluding hydrogens is 290 g/mol. The molecule has 0 N–H and O–H groups in total. The van der Waals surface area contributed by atoms with Crippen LogP contribution in [0.2, 0.25) is 0 Å². The number of hydrogen-bond donors (Lipinski definition) is 0. The van der Waals surface area contributed by atoms with Crippen LogP contribution in [0, 0.1) is 0 Å². The molecule has 2 aromatic heterocycles. The number of halogens is 1. The first-order valence-corrected chi connectivity index (χ1v) is 5.91. The molecule has 0 aliphatic carbocycles. The van der Waals surface area contributed by atoms with Crippen molar-refractivity contribution >= 4 is 9.53 Å². The van der Waals surface area contributed by atoms with Gasteiger partial charge in [0, 0.05) is 12.4 Å². The first-order valence-electron chi connectivity index (χ1n) is 3.91. The molecule has 2 nitrogen and oxygen atoms in total. The molecule has 0 amide bonds. The first kappa shape index (κ1) is 11.3. The molecule has 0 spiro atoms. The summed E-state index contributed by atoms with van der Waals surface area (Å²) in [4.78, 5) is 8.37. The molecule has 2 rings (SSSR count). The van der Waals surface area contributed by atoms with Crippen LogP contribution in [-0.2, 0) is 18.2 Å². The maximum absolute atomic E-state index is 4.49. The molecular formula is C10H8ClN2Pd. The van der Waals surface area contributed by atoms with Gasteiger partial charge >= 0.3 is 27.7 Å². The van der Waals surface area contributed by atoms with Crippen molar-refractivity contribution in [3.63, 3.8) is 0 Å². The Morgan fingerprint density at radius 1 is 0.786 bits per heavy atom. The Labute approximate surface area is 97.7 Å². The standard InChI is InChI=1S/C10H8N2.ClH.Pd/c1-3-7-11-9(5-1)10-6-2-4-8-12-10;;/h1-8H;1H;/q;;+1/p-1. The van der Waals surface area contributed by atoms with Crippen LogP contribution in [0.1, 0.15) is 0 Å². The summed E-state index contributed by atoms with van der Waals surface area (Å²) in [5.41, 5.74) is 1.83. The second-order valence-electron chi connectivity index (χ2n) is 2.43. The minimum absolute atomic E-state index is 0.915. The summed E-state index contributed by atoms with van der Waals surface area (Å²) >= 11 is 2.22. The summed E-state index contributed by atoms with van der Waals surface area (Å²) in [6, 6.07) is 11.6. The Balaban J connectivity index is 0.000000461. The van der Waals surface area contributed by atoms with Crippen molar-refractivity contribution in [2.45, 2.75) is 0 Å². The van der Waals surface area contributed by atoms with Gasteiger partial charge in [-0.25, -0.2) is 0 Å². The summed E-state index contributed by atoms with van der Waals surface area (Å²) in [7, 11) is 4.49. The van der Waals surface area contributed by atoms with Crippen molar-refractivity contribution in [2.24, 2.45) is 0 Å². The minimum Gasteiger partial charge on any atom is -0.255 e. The molecule has 0 atom stereocenters. The summed E-state index contributed by atoms with van der Waals surface area (Å²) < 4.78 is 0. The minimum atomic E-state index is 0.915. The Morgan fingerprint density at radius 3 is 1.50 bits per heavy atom. The monoisotopic (exact) mass is 297 g/mol. The van der Waals surface area contributed by atoms with Crippen molar-refractivity contribution in [3.05, 3.63) is 48.8 Å². The molecule has 75 valence electrons. The maximum atomic E-state index is 4.49. The fourth-order valence-electron chi connectivity index (χ4n) is 1.03. The zero-order chi connectivity index (χ0) is 10.2. The zero-order valence-electron chi connectivity index (χ0n) is 7.21. The Hall–Kier alpha value is -0.748. The van der Waals surface area contributed by atoms with Gasteiger partial charge in [0.2, 0.25) is 0 Å². The smallest absolute Gasteiger partial charge is 0.0886 e. The number of hydrogen-bond acceptors (Lipinski definition) is 2. The van der Waals surface area contributed by atoms with Crippen LogP contribution >= 0.6 is 9.53 Å². The van der Waals surface area contributed by atoms with E-state index in [0.717, 1.165) is 11.4 Å². The van der Waals surface area contributed by atoms with E-state index in [2.05, 4.69) is 37.7 Å². The van der Waals surface area contributed by atoms with Gasteiger partial charge in [-0.05, 0) is 24.3 Å². The molecule has 0 aromatic carbocycles. The molecule has 0 unspecified atom stereocenters. The van der Waals surface area contributed by atoms with Gasteiger partial charge in [-0.1, -0.05) is 12.1 Å². The molecule has 0 bridgehead atoms. The quantitative estimate of drug-likeness (QED) is 0.757. The van der Waals surface area contributed by atoms with E-state index in [4.69, 9.17) is 0 Å². The Bertz CT molecular complexity index is 316. The normalized spacial score (nSPS) is 8.79. The summed E-state index contributed by atoms with van der Waals surface area (Å²) in [6.07, 6.45) is 3.54. The number of rotatable bonds is 1. The second-order valence-corrected chi connectivity index (χ2v) is 2.43. The predicted octanol–water partition coefficient (Wildman–Crippen LogP) is 2.83. The van der Waals surface area contributed by atoms with Crippen LogP contribution in [0.4, 0.5) is 0 Å². The van der Waals surface area contributed by atoms with E-state index in [9.17, 15) is 0 Å². The second kappa shape index (κ2) is 6.67. The number of aromatic nitrogens is 2. The van der Waals surface area contributed by atoms with Crippen LogP contribution in [0.25, 0.3) is 11.4 Å². The largest absolute Gasteiger partial charge is 0.255 e. The molecule has 0 aliphatic rings. The van der Waals surface area contributed by atoms with E-state index in [0.29, 0.717) is 0 Å². The third-order valence-corrected chi connectivity index (χ3v) is 1.59. The van der Waals surface area contributed by atoms with Crippen LogP contribution in [0.3, 0.4) is 0 Å². The first-order chi connectivity index (χ1) is 6.97. The summed E-state index contributed by atoms with van der Waals surface area (Å²) in [6.45, 7) is 0. The van der Waals surface area contributed by atoms with Crippen LogP contribution in [-0.4, -0.2) is 9.97 Å². The third kappa shape index (κ3) is 3.19. The van der Waals surface area contributed by atoms with Gasteiger partial charge in [-0.3, -0.25) is 9.97 Å². The fraction of sp³-hybridized carbons (Fsp3) is 0.